The van der Waals surface area contributed by atoms with Gasteiger partial charge in [-0.1, -0.05) is 158 Å². The minimum absolute atomic E-state index is 1.14. The van der Waals surface area contributed by atoms with E-state index in [-0.39, 0.29) is 0 Å². The van der Waals surface area contributed by atoms with Gasteiger partial charge in [0.05, 0.1) is 5.52 Å². The zero-order valence-electron chi connectivity index (χ0n) is 28.0. The maximum Gasteiger partial charge on any atom is 0.0537 e. The summed E-state index contributed by atoms with van der Waals surface area (Å²) in [5, 5.41) is 6.33. The van der Waals surface area contributed by atoms with Gasteiger partial charge in [0.1, 0.15) is 0 Å². The molecule has 0 saturated heterocycles. The second-order valence-electron chi connectivity index (χ2n) is 13.0. The van der Waals surface area contributed by atoms with E-state index in [1.807, 2.05) is 6.08 Å². The van der Waals surface area contributed by atoms with E-state index in [0.717, 1.165) is 11.4 Å². The van der Waals surface area contributed by atoms with Gasteiger partial charge >= 0.3 is 0 Å². The van der Waals surface area contributed by atoms with Crippen LogP contribution >= 0.6 is 0 Å². The Morgan fingerprint density at radius 2 is 0.840 bits per heavy atom. The molecule has 1 aromatic heterocycles. The van der Waals surface area contributed by atoms with E-state index < -0.39 is 0 Å². The van der Waals surface area contributed by atoms with Gasteiger partial charge < -0.3 is 4.57 Å². The summed E-state index contributed by atoms with van der Waals surface area (Å²) in [7, 11) is 0. The van der Waals surface area contributed by atoms with Crippen LogP contribution in [0.1, 0.15) is 11.3 Å². The second-order valence-corrected chi connectivity index (χ2v) is 13.0. The highest BCUT2D eigenvalue weighted by atomic mass is 15.0. The molecule has 0 atom stereocenters. The Morgan fingerprint density at radius 1 is 0.400 bits per heavy atom. The van der Waals surface area contributed by atoms with Crippen molar-refractivity contribution in [2.75, 3.05) is 0 Å². The van der Waals surface area contributed by atoms with Crippen molar-refractivity contribution in [3.05, 3.63) is 194 Å². The molecule has 0 radical (unpaired) electrons. The Labute approximate surface area is 293 Å². The molecule has 236 valence electrons. The lowest BCUT2D eigenvalue weighted by molar-refractivity contribution is 1.10. The highest BCUT2D eigenvalue weighted by Gasteiger charge is 2.18. The van der Waals surface area contributed by atoms with Gasteiger partial charge in [-0.05, 0) is 109 Å². The van der Waals surface area contributed by atoms with E-state index in [1.54, 1.807) is 0 Å². The monoisotopic (exact) mass is 637 g/mol. The van der Waals surface area contributed by atoms with E-state index in [1.165, 1.54) is 82.5 Å². The molecule has 0 N–H and O–H groups in total. The molecule has 8 aromatic carbocycles. The van der Waals surface area contributed by atoms with Crippen LogP contribution in [0.3, 0.4) is 0 Å². The van der Waals surface area contributed by atoms with Crippen LogP contribution in [0.2, 0.25) is 0 Å². The summed E-state index contributed by atoms with van der Waals surface area (Å²) in [6.45, 7) is 6.29. The summed E-state index contributed by atoms with van der Waals surface area (Å²) in [5.41, 5.74) is 14.5. The highest BCUT2D eigenvalue weighted by Crippen LogP contribution is 2.45. The van der Waals surface area contributed by atoms with E-state index in [4.69, 9.17) is 0 Å². The Kier molecular flexibility index (Phi) is 7.25. The third kappa shape index (κ3) is 4.86. The smallest absolute Gasteiger partial charge is 0.0537 e. The molecular weight excluding hydrogens is 603 g/mol. The Hall–Kier alpha value is -6.44. The van der Waals surface area contributed by atoms with Gasteiger partial charge in [0.2, 0.25) is 0 Å². The summed E-state index contributed by atoms with van der Waals surface area (Å²) >= 11 is 0. The molecule has 0 fully saturated rings. The summed E-state index contributed by atoms with van der Waals surface area (Å²) in [4.78, 5) is 0. The number of nitrogens with zero attached hydrogens (tertiary/aromatic N) is 1. The van der Waals surface area contributed by atoms with Crippen molar-refractivity contribution in [1.29, 1.82) is 0 Å². The standard InChI is InChI=1S/C49H35N/c1-3-46-33(2)41-18-12-13-21-47(41)50(46)40-29-26-35(27-30-40)34-22-24-36(25-23-34)39-28-31-44-45(32-39)49(38-16-8-5-9-17-38)43-20-11-10-19-42(43)48(44)37-14-6-4-7-15-37/h3-32H,1H2,2H3. The molecule has 1 nitrogen and oxygen atoms in total. The molecule has 9 rings (SSSR count). The molecule has 9 aromatic rings. The predicted octanol–water partition coefficient (Wildman–Crippen LogP) is 13.6. The van der Waals surface area contributed by atoms with Gasteiger partial charge in [-0.3, -0.25) is 0 Å². The zero-order chi connectivity index (χ0) is 33.6. The summed E-state index contributed by atoms with van der Waals surface area (Å²) < 4.78 is 2.31. The number of aromatic nitrogens is 1. The van der Waals surface area contributed by atoms with Crippen molar-refractivity contribution in [2.45, 2.75) is 6.92 Å². The SMILES string of the molecule is C=Cc1c(C)c2ccccc2n1-c1ccc(-c2ccc(-c3ccc4c(-c5ccccc5)c5ccccc5c(-c5ccccc5)c4c3)cc2)cc1. The first-order valence-electron chi connectivity index (χ1n) is 17.2. The molecule has 0 bridgehead atoms. The van der Waals surface area contributed by atoms with Crippen molar-refractivity contribution in [2.24, 2.45) is 0 Å². The van der Waals surface area contributed by atoms with Crippen LogP contribution in [0.4, 0.5) is 0 Å². The maximum atomic E-state index is 4.12. The van der Waals surface area contributed by atoms with Crippen LogP contribution in [0, 0.1) is 6.92 Å². The minimum atomic E-state index is 1.14. The third-order valence-corrected chi connectivity index (χ3v) is 10.2. The molecule has 0 amide bonds. The van der Waals surface area contributed by atoms with Crippen LogP contribution in [-0.4, -0.2) is 4.57 Å². The second kappa shape index (κ2) is 12.2. The lowest BCUT2D eigenvalue weighted by Crippen LogP contribution is -1.96. The van der Waals surface area contributed by atoms with Crippen LogP contribution in [0.15, 0.2) is 183 Å². The van der Waals surface area contributed by atoms with Crippen LogP contribution in [0.25, 0.3) is 88.7 Å². The molecule has 0 unspecified atom stereocenters. The fourth-order valence-corrected chi connectivity index (χ4v) is 7.79. The van der Waals surface area contributed by atoms with Gasteiger partial charge in [-0.25, -0.2) is 0 Å². The number of benzene rings is 8. The van der Waals surface area contributed by atoms with Gasteiger partial charge in [-0.15, -0.1) is 0 Å². The fourth-order valence-electron chi connectivity index (χ4n) is 7.79. The number of hydrogen-bond donors (Lipinski definition) is 0. The summed E-state index contributed by atoms with van der Waals surface area (Å²) in [6.07, 6.45) is 1.96. The van der Waals surface area contributed by atoms with Crippen molar-refractivity contribution < 1.29 is 0 Å². The molecule has 0 aliphatic carbocycles. The molecule has 0 spiro atoms. The van der Waals surface area contributed by atoms with Gasteiger partial charge in [0.25, 0.3) is 0 Å². The zero-order valence-corrected chi connectivity index (χ0v) is 28.0. The topological polar surface area (TPSA) is 4.93 Å². The van der Waals surface area contributed by atoms with Crippen molar-refractivity contribution in [3.8, 4) is 50.2 Å². The predicted molar refractivity (Wildman–Crippen MR) is 215 cm³/mol. The molecule has 0 saturated carbocycles. The third-order valence-electron chi connectivity index (χ3n) is 10.2. The molecule has 1 heterocycles. The highest BCUT2D eigenvalue weighted by molar-refractivity contribution is 6.22. The maximum absolute atomic E-state index is 4.12. The minimum Gasteiger partial charge on any atom is -0.310 e. The number of aryl methyl sites for hydroxylation is 1. The quantitative estimate of drug-likeness (QED) is 0.160. The number of fused-ring (bicyclic) bond motifs is 3. The van der Waals surface area contributed by atoms with E-state index in [2.05, 4.69) is 194 Å². The van der Waals surface area contributed by atoms with E-state index in [9.17, 15) is 0 Å². The van der Waals surface area contributed by atoms with Crippen molar-refractivity contribution >= 4 is 38.5 Å². The van der Waals surface area contributed by atoms with Crippen LogP contribution in [-0.2, 0) is 0 Å². The van der Waals surface area contributed by atoms with Crippen molar-refractivity contribution in [1.82, 2.24) is 4.57 Å². The molecule has 50 heavy (non-hydrogen) atoms. The summed E-state index contributed by atoms with van der Waals surface area (Å²) in [6, 6.07) is 63.9. The van der Waals surface area contributed by atoms with Crippen LogP contribution in [0.5, 0.6) is 0 Å². The van der Waals surface area contributed by atoms with E-state index >= 15 is 0 Å². The van der Waals surface area contributed by atoms with E-state index in [0.29, 0.717) is 0 Å². The molecule has 0 aliphatic rings. The first-order chi connectivity index (χ1) is 24.7. The molecule has 1 heteroatoms. The van der Waals surface area contributed by atoms with Gasteiger partial charge in [0.15, 0.2) is 0 Å². The summed E-state index contributed by atoms with van der Waals surface area (Å²) in [5.74, 6) is 0. The largest absolute Gasteiger partial charge is 0.310 e. The Balaban J connectivity index is 1.13. The number of para-hydroxylation sites is 1. The first-order valence-corrected chi connectivity index (χ1v) is 17.2. The average Bonchev–Trinajstić information content (AvgIpc) is 3.48. The molecule has 0 aliphatic heterocycles. The average molecular weight is 638 g/mol. The Morgan fingerprint density at radius 3 is 1.42 bits per heavy atom. The lowest BCUT2D eigenvalue weighted by atomic mass is 9.85. The normalized spacial score (nSPS) is 11.4. The van der Waals surface area contributed by atoms with Gasteiger partial charge in [0, 0.05) is 16.8 Å². The van der Waals surface area contributed by atoms with Crippen molar-refractivity contribution in [3.63, 3.8) is 0 Å². The first kappa shape index (κ1) is 29.7. The molecular formula is C49H35N. The fraction of sp³-hybridized carbons (Fsp3) is 0.0204. The number of rotatable bonds is 6. The number of hydrogen-bond acceptors (Lipinski definition) is 0. The van der Waals surface area contributed by atoms with Crippen LogP contribution < -0.4 is 0 Å². The lowest BCUT2D eigenvalue weighted by Gasteiger charge is -2.18. The Bertz CT molecular complexity index is 2680. The van der Waals surface area contributed by atoms with Gasteiger partial charge in [-0.2, -0.15) is 0 Å².